The summed E-state index contributed by atoms with van der Waals surface area (Å²) < 4.78 is 24.5. The van der Waals surface area contributed by atoms with E-state index in [2.05, 4.69) is 0 Å². The lowest BCUT2D eigenvalue weighted by molar-refractivity contribution is -0.409. The van der Waals surface area contributed by atoms with Crippen molar-refractivity contribution in [3.8, 4) is 68.2 Å². The first-order valence-electron chi connectivity index (χ1n) is 13.7. The van der Waals surface area contributed by atoms with Gasteiger partial charge in [-0.1, -0.05) is 0 Å². The standard InChI is InChI=1S/C32H28O12/c33-17-1-3-19-21-9-25(37)23(35)5-15(21)11-31(13-41-27(19)7-17)29(39)44-32(30(40)43-31)12-16-6-24(36)26(38)10-22(16)20-4-2-18(34)8-28(20)42-14-32/h1-10,29-30,33-40H,11-14H2/t29-,30+,31-,32-/m1/s1. The maximum atomic E-state index is 11.7. The van der Waals surface area contributed by atoms with Crippen LogP contribution in [-0.4, -0.2) is 77.8 Å². The quantitative estimate of drug-likeness (QED) is 0.137. The zero-order valence-corrected chi connectivity index (χ0v) is 23.0. The number of ether oxygens (including phenoxy) is 4. The molecule has 0 bridgehead atoms. The zero-order valence-electron chi connectivity index (χ0n) is 23.0. The molecule has 1 fully saturated rings. The van der Waals surface area contributed by atoms with Crippen molar-refractivity contribution in [1.29, 1.82) is 0 Å². The maximum Gasteiger partial charge on any atom is 0.188 e. The Morgan fingerprint density at radius 3 is 1.30 bits per heavy atom. The molecule has 12 nitrogen and oxygen atoms in total. The smallest absolute Gasteiger partial charge is 0.188 e. The predicted octanol–water partition coefficient (Wildman–Crippen LogP) is 2.99. The fraction of sp³-hybridized carbons (Fsp3) is 0.250. The Morgan fingerprint density at radius 1 is 0.500 bits per heavy atom. The van der Waals surface area contributed by atoms with Crippen molar-refractivity contribution in [2.75, 3.05) is 13.2 Å². The highest BCUT2D eigenvalue weighted by Gasteiger charge is 2.58. The van der Waals surface area contributed by atoms with Gasteiger partial charge in [0, 0.05) is 36.1 Å². The molecule has 0 radical (unpaired) electrons. The van der Waals surface area contributed by atoms with Gasteiger partial charge in [-0.15, -0.1) is 0 Å². The number of fused-ring (bicyclic) bond motifs is 6. The van der Waals surface area contributed by atoms with Crippen molar-refractivity contribution in [2.24, 2.45) is 0 Å². The molecule has 3 heterocycles. The van der Waals surface area contributed by atoms with E-state index < -0.39 is 46.8 Å². The SMILES string of the molecule is Oc1ccc2c(c1)OC[C@@]1(Cc3cc(O)c(O)cc3-2)O[C@H](O)[C@@]2(COc3cc(O)ccc3-c3cc(O)c(O)cc3C2)O[C@H]1O. The lowest BCUT2D eigenvalue weighted by Crippen LogP contribution is -2.69. The Labute approximate surface area is 249 Å². The summed E-state index contributed by atoms with van der Waals surface area (Å²) in [6, 6.07) is 14.0. The minimum Gasteiger partial charge on any atom is -0.508 e. The first-order chi connectivity index (χ1) is 21.0. The molecular formula is C32H28O12. The zero-order chi connectivity index (χ0) is 31.0. The predicted molar refractivity (Wildman–Crippen MR) is 152 cm³/mol. The fourth-order valence-corrected chi connectivity index (χ4v) is 6.13. The number of aliphatic hydroxyl groups is 2. The number of hydrogen-bond acceptors (Lipinski definition) is 12. The van der Waals surface area contributed by atoms with E-state index >= 15 is 0 Å². The van der Waals surface area contributed by atoms with E-state index in [0.29, 0.717) is 33.4 Å². The van der Waals surface area contributed by atoms with Gasteiger partial charge in [0.25, 0.3) is 0 Å². The van der Waals surface area contributed by atoms with Gasteiger partial charge in [0.05, 0.1) is 0 Å². The van der Waals surface area contributed by atoms with Crippen LogP contribution < -0.4 is 9.47 Å². The van der Waals surface area contributed by atoms with Crippen LogP contribution in [0.1, 0.15) is 11.1 Å². The molecule has 8 N–H and O–H groups in total. The van der Waals surface area contributed by atoms with Crippen LogP contribution in [0, 0.1) is 0 Å². The summed E-state index contributed by atoms with van der Waals surface area (Å²) in [4.78, 5) is 0. The number of aromatic hydroxyl groups is 6. The summed E-state index contributed by atoms with van der Waals surface area (Å²) >= 11 is 0. The second-order valence-corrected chi connectivity index (χ2v) is 11.4. The van der Waals surface area contributed by atoms with Crippen molar-refractivity contribution in [1.82, 2.24) is 0 Å². The summed E-state index contributed by atoms with van der Waals surface area (Å²) in [7, 11) is 0. The average molecular weight is 605 g/mol. The molecule has 0 unspecified atom stereocenters. The van der Waals surface area contributed by atoms with Crippen LogP contribution in [0.15, 0.2) is 60.7 Å². The molecule has 3 aliphatic rings. The van der Waals surface area contributed by atoms with E-state index in [1.807, 2.05) is 0 Å². The van der Waals surface area contributed by atoms with Crippen LogP contribution in [0.2, 0.25) is 0 Å². The minimum atomic E-state index is -1.77. The van der Waals surface area contributed by atoms with Gasteiger partial charge >= 0.3 is 0 Å². The summed E-state index contributed by atoms with van der Waals surface area (Å²) in [5.41, 5.74) is -0.822. The Morgan fingerprint density at radius 2 is 0.886 bits per heavy atom. The monoisotopic (exact) mass is 604 g/mol. The number of phenols is 6. The lowest BCUT2D eigenvalue weighted by Gasteiger charge is -2.52. The van der Waals surface area contributed by atoms with Crippen LogP contribution in [0.25, 0.3) is 22.3 Å². The molecule has 0 aromatic heterocycles. The number of aliphatic hydroxyl groups excluding tert-OH is 2. The molecule has 3 aliphatic heterocycles. The number of hydrogen-bond donors (Lipinski definition) is 8. The molecule has 0 amide bonds. The van der Waals surface area contributed by atoms with Crippen LogP contribution in [-0.2, 0) is 22.3 Å². The van der Waals surface area contributed by atoms with Gasteiger partial charge in [0.1, 0.15) is 36.2 Å². The first-order valence-corrected chi connectivity index (χ1v) is 13.7. The molecule has 228 valence electrons. The van der Waals surface area contributed by atoms with Crippen LogP contribution in [0.3, 0.4) is 0 Å². The normalized spacial score (nSPS) is 25.6. The maximum absolute atomic E-state index is 11.7. The molecule has 4 aromatic carbocycles. The van der Waals surface area contributed by atoms with Gasteiger partial charge in [0.2, 0.25) is 0 Å². The van der Waals surface area contributed by atoms with Crippen molar-refractivity contribution in [2.45, 2.75) is 36.6 Å². The third-order valence-corrected chi connectivity index (χ3v) is 8.43. The second kappa shape index (κ2) is 9.82. The van der Waals surface area contributed by atoms with Gasteiger partial charge in [-0.2, -0.15) is 0 Å². The molecular weight excluding hydrogens is 576 g/mol. The van der Waals surface area contributed by atoms with Gasteiger partial charge in [-0.3, -0.25) is 0 Å². The van der Waals surface area contributed by atoms with E-state index in [1.54, 1.807) is 12.1 Å². The lowest BCUT2D eigenvalue weighted by atomic mass is 9.83. The topological polar surface area (TPSA) is 199 Å². The highest BCUT2D eigenvalue weighted by molar-refractivity contribution is 5.78. The minimum absolute atomic E-state index is 0.103. The number of benzene rings is 4. The number of phenolic OH excluding ortho intramolecular Hbond substituents is 6. The van der Waals surface area contributed by atoms with E-state index in [1.165, 1.54) is 48.5 Å². The highest BCUT2D eigenvalue weighted by Crippen LogP contribution is 2.49. The third kappa shape index (κ3) is 4.38. The largest absolute Gasteiger partial charge is 0.508 e. The summed E-state index contributed by atoms with van der Waals surface area (Å²) in [6.07, 6.45) is -3.83. The third-order valence-electron chi connectivity index (χ3n) is 8.43. The molecule has 44 heavy (non-hydrogen) atoms. The second-order valence-electron chi connectivity index (χ2n) is 11.4. The van der Waals surface area contributed by atoms with E-state index in [4.69, 9.17) is 18.9 Å². The summed E-state index contributed by atoms with van der Waals surface area (Å²) in [6.45, 7) is -0.719. The molecule has 7 rings (SSSR count). The van der Waals surface area contributed by atoms with Crippen molar-refractivity contribution in [3.05, 3.63) is 71.8 Å². The van der Waals surface area contributed by atoms with Gasteiger partial charge in [0.15, 0.2) is 46.8 Å². The van der Waals surface area contributed by atoms with Crippen LogP contribution in [0.4, 0.5) is 0 Å². The summed E-state index contributed by atoms with van der Waals surface area (Å²) in [5, 5.41) is 84.8. The van der Waals surface area contributed by atoms with Gasteiger partial charge in [-0.05, 0) is 70.8 Å². The molecule has 0 saturated carbocycles. The van der Waals surface area contributed by atoms with Crippen LogP contribution >= 0.6 is 0 Å². The average Bonchev–Trinajstić information content (AvgIpc) is 2.96. The Balaban J connectivity index is 1.30. The first kappa shape index (κ1) is 27.9. The highest BCUT2D eigenvalue weighted by atomic mass is 16.7. The van der Waals surface area contributed by atoms with Crippen LogP contribution in [0.5, 0.6) is 46.0 Å². The van der Waals surface area contributed by atoms with Crippen molar-refractivity contribution in [3.63, 3.8) is 0 Å². The van der Waals surface area contributed by atoms with Crippen molar-refractivity contribution < 1.29 is 59.8 Å². The van der Waals surface area contributed by atoms with Gasteiger partial charge in [-0.25, -0.2) is 0 Å². The Bertz CT molecular complexity index is 1670. The molecule has 4 aromatic rings. The Hall–Kier alpha value is -4.88. The van der Waals surface area contributed by atoms with E-state index in [-0.39, 0.29) is 49.1 Å². The summed E-state index contributed by atoms with van der Waals surface area (Å²) in [5.74, 6) is -1.46. The van der Waals surface area contributed by atoms with E-state index in [0.717, 1.165) is 0 Å². The molecule has 2 spiro atoms. The molecule has 12 heteroatoms. The molecule has 0 aliphatic carbocycles. The van der Waals surface area contributed by atoms with E-state index in [9.17, 15) is 40.9 Å². The number of rotatable bonds is 0. The van der Waals surface area contributed by atoms with Gasteiger partial charge < -0.3 is 59.8 Å². The molecule has 1 saturated heterocycles. The van der Waals surface area contributed by atoms with Crippen molar-refractivity contribution >= 4 is 0 Å². The Kier molecular flexibility index (Phi) is 6.23. The fourth-order valence-electron chi connectivity index (χ4n) is 6.13. The molecule has 4 atom stereocenters.